The highest BCUT2D eigenvalue weighted by atomic mass is 16.2. The van der Waals surface area contributed by atoms with Crippen LogP contribution in [0.5, 0.6) is 0 Å². The summed E-state index contributed by atoms with van der Waals surface area (Å²) in [6.07, 6.45) is 2.85. The van der Waals surface area contributed by atoms with Gasteiger partial charge >= 0.3 is 0 Å². The van der Waals surface area contributed by atoms with Gasteiger partial charge in [-0.2, -0.15) is 5.10 Å². The summed E-state index contributed by atoms with van der Waals surface area (Å²) in [5.74, 6) is -0.733. The van der Waals surface area contributed by atoms with Gasteiger partial charge in [-0.05, 0) is 6.92 Å². The lowest BCUT2D eigenvalue weighted by molar-refractivity contribution is -0.145. The topological polar surface area (TPSA) is 87.9 Å². The van der Waals surface area contributed by atoms with Crippen LogP contribution in [0, 0.1) is 6.92 Å². The fourth-order valence-corrected chi connectivity index (χ4v) is 3.30. The smallest absolute Gasteiger partial charge is 0.243 e. The zero-order valence-electron chi connectivity index (χ0n) is 13.4. The first-order valence-corrected chi connectivity index (χ1v) is 7.97. The van der Waals surface area contributed by atoms with Gasteiger partial charge in [0.2, 0.25) is 17.7 Å². The quantitative estimate of drug-likeness (QED) is 0.729. The van der Waals surface area contributed by atoms with Gasteiger partial charge in [0.25, 0.3) is 0 Å². The van der Waals surface area contributed by atoms with Crippen molar-refractivity contribution in [1.29, 1.82) is 0 Å². The third kappa shape index (κ3) is 2.34. The summed E-state index contributed by atoms with van der Waals surface area (Å²) >= 11 is 0. The summed E-state index contributed by atoms with van der Waals surface area (Å²) in [6, 6.07) is 1.92. The van der Waals surface area contributed by atoms with E-state index in [4.69, 9.17) is 0 Å². The van der Waals surface area contributed by atoms with Crippen LogP contribution in [0.1, 0.15) is 29.8 Å². The number of hydrogen-bond donors (Lipinski definition) is 0. The van der Waals surface area contributed by atoms with Gasteiger partial charge < -0.3 is 4.90 Å². The van der Waals surface area contributed by atoms with Crippen LogP contribution in [-0.2, 0) is 27.3 Å². The molecule has 1 saturated heterocycles. The summed E-state index contributed by atoms with van der Waals surface area (Å²) in [6.45, 7) is 2.72. The Bertz CT molecular complexity index is 856. The standard InChI is InChI=1S/C16H17N5O3/c1-10-6-13-17-7-11-8-19(5-4-12(11)21(13)18-10)16(24)9-20-14(22)2-3-15(20)23/h6-7H,2-5,8-9H2,1H3. The molecule has 2 aliphatic heterocycles. The zero-order valence-corrected chi connectivity index (χ0v) is 13.4. The van der Waals surface area contributed by atoms with Crippen LogP contribution in [0.3, 0.4) is 0 Å². The fraction of sp³-hybridized carbons (Fsp3) is 0.438. The molecule has 0 bridgehead atoms. The van der Waals surface area contributed by atoms with Crippen LogP contribution in [0.2, 0.25) is 0 Å². The molecule has 4 rings (SSSR count). The molecular weight excluding hydrogens is 310 g/mol. The molecule has 2 aliphatic rings. The van der Waals surface area contributed by atoms with E-state index in [-0.39, 0.29) is 37.1 Å². The van der Waals surface area contributed by atoms with E-state index in [9.17, 15) is 14.4 Å². The van der Waals surface area contributed by atoms with E-state index in [0.717, 1.165) is 27.5 Å². The summed E-state index contributed by atoms with van der Waals surface area (Å²) in [5, 5.41) is 4.45. The van der Waals surface area contributed by atoms with E-state index in [0.29, 0.717) is 19.5 Å². The molecule has 8 heteroatoms. The number of aryl methyl sites for hydroxylation is 1. The van der Waals surface area contributed by atoms with Gasteiger partial charge in [0, 0.05) is 50.2 Å². The molecule has 3 amide bonds. The molecule has 0 N–H and O–H groups in total. The predicted molar refractivity (Wildman–Crippen MR) is 82.8 cm³/mol. The Hall–Kier alpha value is -2.77. The Kier molecular flexibility index (Phi) is 3.33. The summed E-state index contributed by atoms with van der Waals surface area (Å²) in [5.41, 5.74) is 3.72. The number of nitrogens with zero attached hydrogens (tertiary/aromatic N) is 5. The number of carbonyl (C=O) groups is 3. The largest absolute Gasteiger partial charge is 0.336 e. The van der Waals surface area contributed by atoms with Crippen molar-refractivity contribution in [2.45, 2.75) is 32.7 Å². The summed E-state index contributed by atoms with van der Waals surface area (Å²) in [7, 11) is 0. The normalized spacial score (nSPS) is 17.7. The minimum atomic E-state index is -0.263. The first kappa shape index (κ1) is 14.8. The van der Waals surface area contributed by atoms with Gasteiger partial charge in [0.1, 0.15) is 6.54 Å². The maximum absolute atomic E-state index is 12.5. The number of hydrogen-bond acceptors (Lipinski definition) is 5. The molecular formula is C16H17N5O3. The van der Waals surface area contributed by atoms with Crippen molar-refractivity contribution in [1.82, 2.24) is 24.4 Å². The second-order valence-electron chi connectivity index (χ2n) is 6.22. The van der Waals surface area contributed by atoms with E-state index < -0.39 is 0 Å². The Morgan fingerprint density at radius 3 is 2.71 bits per heavy atom. The Morgan fingerprint density at radius 1 is 1.21 bits per heavy atom. The lowest BCUT2D eigenvalue weighted by atomic mass is 10.1. The second-order valence-corrected chi connectivity index (χ2v) is 6.22. The fourth-order valence-electron chi connectivity index (χ4n) is 3.30. The van der Waals surface area contributed by atoms with Crippen LogP contribution < -0.4 is 0 Å². The third-order valence-corrected chi connectivity index (χ3v) is 4.57. The number of fused-ring (bicyclic) bond motifs is 3. The number of aromatic nitrogens is 3. The molecule has 0 aromatic carbocycles. The van der Waals surface area contributed by atoms with Gasteiger partial charge in [-0.1, -0.05) is 0 Å². The molecule has 4 heterocycles. The van der Waals surface area contributed by atoms with E-state index in [1.54, 1.807) is 11.1 Å². The molecule has 24 heavy (non-hydrogen) atoms. The van der Waals surface area contributed by atoms with Crippen molar-refractivity contribution in [2.75, 3.05) is 13.1 Å². The van der Waals surface area contributed by atoms with E-state index in [1.807, 2.05) is 17.5 Å². The molecule has 124 valence electrons. The Labute approximate surface area is 138 Å². The molecule has 0 spiro atoms. The van der Waals surface area contributed by atoms with Gasteiger partial charge in [0.05, 0.1) is 11.4 Å². The molecule has 1 fully saturated rings. The monoisotopic (exact) mass is 327 g/mol. The molecule has 0 aliphatic carbocycles. The second kappa shape index (κ2) is 5.40. The molecule has 2 aromatic heterocycles. The third-order valence-electron chi connectivity index (χ3n) is 4.57. The first-order valence-electron chi connectivity index (χ1n) is 7.97. The molecule has 0 saturated carbocycles. The van der Waals surface area contributed by atoms with E-state index >= 15 is 0 Å². The van der Waals surface area contributed by atoms with E-state index in [1.165, 1.54) is 0 Å². The van der Waals surface area contributed by atoms with E-state index in [2.05, 4.69) is 10.1 Å². The number of imide groups is 1. The highest BCUT2D eigenvalue weighted by Gasteiger charge is 2.32. The average Bonchev–Trinajstić information content (AvgIpc) is 3.10. The van der Waals surface area contributed by atoms with Crippen LogP contribution in [-0.4, -0.2) is 55.2 Å². The lowest BCUT2D eigenvalue weighted by Gasteiger charge is -2.29. The highest BCUT2D eigenvalue weighted by Crippen LogP contribution is 2.20. The Morgan fingerprint density at radius 2 is 1.96 bits per heavy atom. The minimum Gasteiger partial charge on any atom is -0.336 e. The van der Waals surface area contributed by atoms with Crippen LogP contribution in [0.4, 0.5) is 0 Å². The van der Waals surface area contributed by atoms with Crippen LogP contribution in [0.25, 0.3) is 5.65 Å². The van der Waals surface area contributed by atoms with Crippen molar-refractivity contribution < 1.29 is 14.4 Å². The molecule has 0 unspecified atom stereocenters. The summed E-state index contributed by atoms with van der Waals surface area (Å²) in [4.78, 5) is 42.9. The van der Waals surface area contributed by atoms with Crippen molar-refractivity contribution in [3.63, 3.8) is 0 Å². The Balaban J connectivity index is 1.53. The highest BCUT2D eigenvalue weighted by molar-refractivity contribution is 6.04. The minimum absolute atomic E-state index is 0.163. The van der Waals surface area contributed by atoms with Gasteiger partial charge in [-0.25, -0.2) is 9.50 Å². The maximum Gasteiger partial charge on any atom is 0.243 e. The lowest BCUT2D eigenvalue weighted by Crippen LogP contribution is -2.44. The molecule has 8 nitrogen and oxygen atoms in total. The van der Waals surface area contributed by atoms with Crippen LogP contribution >= 0.6 is 0 Å². The summed E-state index contributed by atoms with van der Waals surface area (Å²) < 4.78 is 1.83. The van der Waals surface area contributed by atoms with Crippen molar-refractivity contribution >= 4 is 23.4 Å². The molecule has 0 atom stereocenters. The average molecular weight is 327 g/mol. The number of likely N-dealkylation sites (tertiary alicyclic amines) is 1. The van der Waals surface area contributed by atoms with Gasteiger partial charge in [-0.15, -0.1) is 0 Å². The SMILES string of the molecule is Cc1cc2ncc3c(n2n1)CCN(C(=O)CN1C(=O)CCC1=O)C3. The first-order chi connectivity index (χ1) is 11.5. The number of amides is 3. The van der Waals surface area contributed by atoms with Gasteiger partial charge in [0.15, 0.2) is 5.65 Å². The van der Waals surface area contributed by atoms with Gasteiger partial charge in [-0.3, -0.25) is 19.3 Å². The number of rotatable bonds is 2. The predicted octanol–water partition coefficient (Wildman–Crippen LogP) is 0.0714. The maximum atomic E-state index is 12.5. The van der Waals surface area contributed by atoms with Crippen molar-refractivity contribution in [2.24, 2.45) is 0 Å². The number of carbonyl (C=O) groups excluding carboxylic acids is 3. The van der Waals surface area contributed by atoms with Crippen LogP contribution in [0.15, 0.2) is 12.3 Å². The molecule has 0 radical (unpaired) electrons. The van der Waals surface area contributed by atoms with Crippen molar-refractivity contribution in [3.05, 3.63) is 29.2 Å². The van der Waals surface area contributed by atoms with Crippen molar-refractivity contribution in [3.8, 4) is 0 Å². The zero-order chi connectivity index (χ0) is 16.8. The molecule has 2 aromatic rings.